The third-order valence-electron chi connectivity index (χ3n) is 5.83. The van der Waals surface area contributed by atoms with Gasteiger partial charge in [0, 0.05) is 38.8 Å². The van der Waals surface area contributed by atoms with Crippen LogP contribution in [0, 0.1) is 0 Å². The van der Waals surface area contributed by atoms with Crippen LogP contribution >= 0.6 is 11.3 Å². The Balaban J connectivity index is 1.30. The highest BCUT2D eigenvalue weighted by molar-refractivity contribution is 7.22. The Hall–Kier alpha value is -2.41. The summed E-state index contributed by atoms with van der Waals surface area (Å²) in [6.07, 6.45) is 5.51. The number of aryl methyl sites for hydroxylation is 1. The molecule has 0 spiro atoms. The molecule has 3 aromatic rings. The summed E-state index contributed by atoms with van der Waals surface area (Å²) >= 11 is 1.73. The van der Waals surface area contributed by atoms with Crippen molar-refractivity contribution in [3.05, 3.63) is 41.7 Å². The average molecular weight is 382 g/mol. The molecule has 1 saturated heterocycles. The molecule has 0 bridgehead atoms. The van der Waals surface area contributed by atoms with Crippen LogP contribution in [0.5, 0.6) is 0 Å². The van der Waals surface area contributed by atoms with E-state index >= 15 is 0 Å². The first-order chi connectivity index (χ1) is 13.2. The number of nitrogens with zero attached hydrogens (tertiary/aromatic N) is 5. The molecule has 1 saturated carbocycles. The minimum absolute atomic E-state index is 0.126. The van der Waals surface area contributed by atoms with E-state index in [1.165, 1.54) is 24.0 Å². The normalized spacial score (nSPS) is 18.1. The largest absolute Gasteiger partial charge is 0.345 e. The molecule has 1 aromatic carbocycles. The zero-order valence-electron chi connectivity index (χ0n) is 15.5. The third-order valence-corrected chi connectivity index (χ3v) is 6.93. The second-order valence-electron chi connectivity index (χ2n) is 7.44. The molecule has 0 unspecified atom stereocenters. The first-order valence-electron chi connectivity index (χ1n) is 9.62. The minimum atomic E-state index is 0.126. The zero-order valence-corrected chi connectivity index (χ0v) is 16.3. The highest BCUT2D eigenvalue weighted by Gasteiger charge is 2.31. The van der Waals surface area contributed by atoms with E-state index in [0.29, 0.717) is 5.92 Å². The molecule has 2 aromatic heterocycles. The molecule has 0 atom stereocenters. The number of para-hydroxylation sites is 1. The fourth-order valence-electron chi connectivity index (χ4n) is 3.98. The van der Waals surface area contributed by atoms with Gasteiger partial charge in [0.25, 0.3) is 5.91 Å². The molecular formula is C20H23N5OS. The lowest BCUT2D eigenvalue weighted by molar-refractivity contribution is 0.0733. The van der Waals surface area contributed by atoms with E-state index in [0.717, 1.165) is 48.1 Å². The molecule has 2 aliphatic rings. The van der Waals surface area contributed by atoms with Crippen molar-refractivity contribution in [2.24, 2.45) is 7.05 Å². The molecule has 3 heterocycles. The van der Waals surface area contributed by atoms with Crippen LogP contribution in [0.4, 0.5) is 5.13 Å². The van der Waals surface area contributed by atoms with Crippen LogP contribution in [0.2, 0.25) is 0 Å². The molecule has 140 valence electrons. The van der Waals surface area contributed by atoms with Crippen molar-refractivity contribution in [3.8, 4) is 0 Å². The molecule has 0 radical (unpaired) electrons. The maximum Gasteiger partial charge on any atom is 0.272 e. The van der Waals surface area contributed by atoms with Crippen molar-refractivity contribution < 1.29 is 4.79 Å². The van der Waals surface area contributed by atoms with Crippen LogP contribution in [0.15, 0.2) is 30.5 Å². The number of carbonyl (C=O) groups is 1. The summed E-state index contributed by atoms with van der Waals surface area (Å²) in [4.78, 5) is 22.2. The van der Waals surface area contributed by atoms with Crippen molar-refractivity contribution in [2.45, 2.75) is 25.2 Å². The second-order valence-corrected chi connectivity index (χ2v) is 8.45. The van der Waals surface area contributed by atoms with Crippen LogP contribution in [-0.4, -0.2) is 51.8 Å². The molecule has 27 heavy (non-hydrogen) atoms. The van der Waals surface area contributed by atoms with E-state index in [1.807, 2.05) is 24.2 Å². The van der Waals surface area contributed by atoms with E-state index < -0.39 is 0 Å². The number of rotatable bonds is 3. The van der Waals surface area contributed by atoms with Crippen molar-refractivity contribution in [1.29, 1.82) is 0 Å². The molecular weight excluding hydrogens is 358 g/mol. The van der Waals surface area contributed by atoms with Crippen LogP contribution in [0.3, 0.4) is 0 Å². The molecule has 5 rings (SSSR count). The van der Waals surface area contributed by atoms with E-state index in [2.05, 4.69) is 28.2 Å². The SMILES string of the molecule is Cn1ncc(C2CCC2)c1C(=O)N1CCN(c2nc3ccccc3s2)CC1. The Bertz CT molecular complexity index is 948. The number of benzene rings is 1. The summed E-state index contributed by atoms with van der Waals surface area (Å²) in [5.41, 5.74) is 2.98. The molecule has 0 N–H and O–H groups in total. The number of hydrogen-bond donors (Lipinski definition) is 0. The third kappa shape index (κ3) is 2.90. The Labute approximate surface area is 162 Å². The van der Waals surface area contributed by atoms with Gasteiger partial charge < -0.3 is 9.80 Å². The fourth-order valence-corrected chi connectivity index (χ4v) is 5.00. The first-order valence-corrected chi connectivity index (χ1v) is 10.4. The van der Waals surface area contributed by atoms with E-state index in [-0.39, 0.29) is 5.91 Å². The Morgan fingerprint density at radius 1 is 1.15 bits per heavy atom. The summed E-state index contributed by atoms with van der Waals surface area (Å²) in [7, 11) is 1.88. The number of amides is 1. The Kier molecular flexibility index (Phi) is 4.11. The number of carbonyl (C=O) groups excluding carboxylic acids is 1. The van der Waals surface area contributed by atoms with Crippen LogP contribution in [-0.2, 0) is 7.05 Å². The summed E-state index contributed by atoms with van der Waals surface area (Å²) in [5.74, 6) is 0.641. The quantitative estimate of drug-likeness (QED) is 0.699. The first kappa shape index (κ1) is 16.7. The maximum atomic E-state index is 13.2. The van der Waals surface area contributed by atoms with E-state index in [9.17, 15) is 4.79 Å². The number of hydrogen-bond acceptors (Lipinski definition) is 5. The second kappa shape index (κ2) is 6.64. The summed E-state index contributed by atoms with van der Waals surface area (Å²) in [6.45, 7) is 3.10. The van der Waals surface area contributed by atoms with Gasteiger partial charge >= 0.3 is 0 Å². The van der Waals surface area contributed by atoms with Gasteiger partial charge in [-0.2, -0.15) is 5.10 Å². The van der Waals surface area contributed by atoms with Gasteiger partial charge in [0.1, 0.15) is 5.69 Å². The zero-order chi connectivity index (χ0) is 18.4. The summed E-state index contributed by atoms with van der Waals surface area (Å²) in [5, 5.41) is 5.43. The molecule has 6 nitrogen and oxygen atoms in total. The lowest BCUT2D eigenvalue weighted by Gasteiger charge is -2.35. The Morgan fingerprint density at radius 3 is 2.63 bits per heavy atom. The molecule has 1 aliphatic heterocycles. The van der Waals surface area contributed by atoms with Gasteiger partial charge in [-0.05, 0) is 30.9 Å². The highest BCUT2D eigenvalue weighted by Crippen LogP contribution is 2.38. The standard InChI is InChI=1S/C20H23N5OS/c1-23-18(15(13-21-23)14-5-4-6-14)19(26)24-9-11-25(12-10-24)20-22-16-7-2-3-8-17(16)27-20/h2-3,7-8,13-14H,4-6,9-12H2,1H3. The van der Waals surface area contributed by atoms with Gasteiger partial charge in [0.2, 0.25) is 0 Å². The van der Waals surface area contributed by atoms with Crippen LogP contribution < -0.4 is 4.90 Å². The van der Waals surface area contributed by atoms with Gasteiger partial charge in [0.05, 0.1) is 16.4 Å². The monoisotopic (exact) mass is 381 g/mol. The number of aromatic nitrogens is 3. The number of thiazole rings is 1. The molecule has 7 heteroatoms. The number of anilines is 1. The van der Waals surface area contributed by atoms with E-state index in [4.69, 9.17) is 4.98 Å². The lowest BCUT2D eigenvalue weighted by atomic mass is 9.80. The number of piperazine rings is 1. The van der Waals surface area contributed by atoms with Crippen molar-refractivity contribution >= 4 is 32.6 Å². The van der Waals surface area contributed by atoms with Crippen LogP contribution in [0.1, 0.15) is 41.2 Å². The highest BCUT2D eigenvalue weighted by atomic mass is 32.1. The fraction of sp³-hybridized carbons (Fsp3) is 0.450. The average Bonchev–Trinajstić information content (AvgIpc) is 3.24. The summed E-state index contributed by atoms with van der Waals surface area (Å²) in [6, 6.07) is 8.24. The van der Waals surface area contributed by atoms with Gasteiger partial charge in [-0.15, -0.1) is 0 Å². The van der Waals surface area contributed by atoms with Crippen molar-refractivity contribution in [1.82, 2.24) is 19.7 Å². The molecule has 2 fully saturated rings. The lowest BCUT2D eigenvalue weighted by Crippen LogP contribution is -2.49. The molecule has 1 aliphatic carbocycles. The van der Waals surface area contributed by atoms with Crippen molar-refractivity contribution in [3.63, 3.8) is 0 Å². The predicted octanol–water partition coefficient (Wildman–Crippen LogP) is 3.26. The van der Waals surface area contributed by atoms with Gasteiger partial charge in [-0.1, -0.05) is 29.9 Å². The van der Waals surface area contributed by atoms with Gasteiger partial charge in [0.15, 0.2) is 5.13 Å². The number of fused-ring (bicyclic) bond motifs is 1. The molecule has 1 amide bonds. The van der Waals surface area contributed by atoms with Crippen molar-refractivity contribution in [2.75, 3.05) is 31.1 Å². The van der Waals surface area contributed by atoms with E-state index in [1.54, 1.807) is 16.0 Å². The summed E-state index contributed by atoms with van der Waals surface area (Å²) < 4.78 is 2.97. The predicted molar refractivity (Wildman–Crippen MR) is 108 cm³/mol. The van der Waals surface area contributed by atoms with Gasteiger partial charge in [-0.3, -0.25) is 9.48 Å². The maximum absolute atomic E-state index is 13.2. The topological polar surface area (TPSA) is 54.3 Å². The Morgan fingerprint density at radius 2 is 1.93 bits per heavy atom. The minimum Gasteiger partial charge on any atom is -0.345 e. The van der Waals surface area contributed by atoms with Crippen LogP contribution in [0.25, 0.3) is 10.2 Å². The smallest absolute Gasteiger partial charge is 0.272 e. The van der Waals surface area contributed by atoms with Gasteiger partial charge in [-0.25, -0.2) is 4.98 Å².